The number of benzene rings is 1. The second-order valence-electron chi connectivity index (χ2n) is 6.30. The Morgan fingerprint density at radius 1 is 1.15 bits per heavy atom. The molecule has 1 aliphatic rings. The lowest BCUT2D eigenvalue weighted by Crippen LogP contribution is -2.54. The van der Waals surface area contributed by atoms with Gasteiger partial charge in [-0.05, 0) is 18.1 Å². The Balaban J connectivity index is 2.08. The van der Waals surface area contributed by atoms with Crippen LogP contribution in [0.15, 0.2) is 24.3 Å². The van der Waals surface area contributed by atoms with Gasteiger partial charge in [0, 0.05) is 13.1 Å². The van der Waals surface area contributed by atoms with Crippen LogP contribution in [0.25, 0.3) is 0 Å². The number of ether oxygens (including phenoxy) is 1. The van der Waals surface area contributed by atoms with Crippen LogP contribution in [0, 0.1) is 5.92 Å². The number of halogens is 3. The molecular weight excluding hydrogens is 351 g/mol. The zero-order valence-electron chi connectivity index (χ0n) is 14.6. The summed E-state index contributed by atoms with van der Waals surface area (Å²) in [7, 11) is 0. The van der Waals surface area contributed by atoms with Gasteiger partial charge in [-0.15, -0.1) is 0 Å². The molecule has 0 aliphatic carbocycles. The van der Waals surface area contributed by atoms with Crippen LogP contribution in [-0.4, -0.2) is 49.2 Å². The van der Waals surface area contributed by atoms with E-state index < -0.39 is 23.8 Å². The molecule has 9 heteroatoms. The fourth-order valence-electron chi connectivity index (χ4n) is 2.63. The average Bonchev–Trinajstić information content (AvgIpc) is 2.59. The fourth-order valence-corrected chi connectivity index (χ4v) is 2.63. The third-order valence-electron chi connectivity index (χ3n) is 4.02. The van der Waals surface area contributed by atoms with Gasteiger partial charge in [-0.1, -0.05) is 26.0 Å². The molecule has 0 spiro atoms. The van der Waals surface area contributed by atoms with Gasteiger partial charge in [0.15, 0.2) is 0 Å². The molecule has 2 N–H and O–H groups in total. The van der Waals surface area contributed by atoms with E-state index in [0.29, 0.717) is 26.3 Å². The summed E-state index contributed by atoms with van der Waals surface area (Å²) in [6.07, 6.45) is -4.59. The standard InChI is InChI=1S/C17H22F3N3O3/c1-11(2)14(15(24)23-7-9-26-10-8-23)22-16(25)21-13-6-4-3-5-12(13)17(18,19)20/h3-6,11,14H,7-10H2,1-2H3,(H2,21,22,25). The molecule has 1 aromatic carbocycles. The van der Waals surface area contributed by atoms with Gasteiger partial charge in [-0.2, -0.15) is 13.2 Å². The predicted molar refractivity (Wildman–Crippen MR) is 89.6 cm³/mol. The van der Waals surface area contributed by atoms with Gasteiger partial charge in [0.1, 0.15) is 6.04 Å². The Morgan fingerprint density at radius 2 is 1.77 bits per heavy atom. The van der Waals surface area contributed by atoms with Crippen LogP contribution < -0.4 is 10.6 Å². The van der Waals surface area contributed by atoms with Gasteiger partial charge >= 0.3 is 12.2 Å². The van der Waals surface area contributed by atoms with Gasteiger partial charge in [0.05, 0.1) is 24.5 Å². The maximum Gasteiger partial charge on any atom is 0.418 e. The van der Waals surface area contributed by atoms with Crippen molar-refractivity contribution in [1.82, 2.24) is 10.2 Å². The molecule has 1 aliphatic heterocycles. The van der Waals surface area contributed by atoms with E-state index in [1.807, 2.05) is 0 Å². The highest BCUT2D eigenvalue weighted by Gasteiger charge is 2.34. The highest BCUT2D eigenvalue weighted by Crippen LogP contribution is 2.34. The summed E-state index contributed by atoms with van der Waals surface area (Å²) in [4.78, 5) is 26.4. The van der Waals surface area contributed by atoms with Crippen LogP contribution in [0.3, 0.4) is 0 Å². The van der Waals surface area contributed by atoms with Crippen molar-refractivity contribution in [2.75, 3.05) is 31.6 Å². The number of rotatable bonds is 4. The van der Waals surface area contributed by atoms with E-state index in [-0.39, 0.29) is 17.5 Å². The first-order valence-electron chi connectivity index (χ1n) is 8.30. The topological polar surface area (TPSA) is 70.7 Å². The lowest BCUT2D eigenvalue weighted by molar-refractivity contribution is -0.138. The lowest BCUT2D eigenvalue weighted by atomic mass is 10.0. The number of nitrogens with zero attached hydrogens (tertiary/aromatic N) is 1. The van der Waals surface area contributed by atoms with Gasteiger partial charge in [-0.25, -0.2) is 4.79 Å². The van der Waals surface area contributed by atoms with Gasteiger partial charge in [0.2, 0.25) is 5.91 Å². The number of amides is 3. The van der Waals surface area contributed by atoms with Gasteiger partial charge in [0.25, 0.3) is 0 Å². The van der Waals surface area contributed by atoms with Crippen LogP contribution >= 0.6 is 0 Å². The molecule has 1 aromatic rings. The quantitative estimate of drug-likeness (QED) is 0.853. The van der Waals surface area contributed by atoms with Gasteiger partial charge < -0.3 is 20.3 Å². The molecule has 0 aromatic heterocycles. The zero-order valence-corrected chi connectivity index (χ0v) is 14.6. The monoisotopic (exact) mass is 373 g/mol. The highest BCUT2D eigenvalue weighted by atomic mass is 19.4. The highest BCUT2D eigenvalue weighted by molar-refractivity contribution is 5.94. The number of carbonyl (C=O) groups excluding carboxylic acids is 2. The van der Waals surface area contributed by atoms with Crippen molar-refractivity contribution in [3.63, 3.8) is 0 Å². The molecule has 1 fully saturated rings. The summed E-state index contributed by atoms with van der Waals surface area (Å²) in [5, 5.41) is 4.69. The normalized spacial score (nSPS) is 16.3. The Hall–Kier alpha value is -2.29. The Morgan fingerprint density at radius 3 is 2.35 bits per heavy atom. The number of urea groups is 1. The van der Waals surface area contributed by atoms with E-state index in [4.69, 9.17) is 4.74 Å². The summed E-state index contributed by atoms with van der Waals surface area (Å²) < 4.78 is 44.2. The third kappa shape index (κ3) is 5.10. The largest absolute Gasteiger partial charge is 0.418 e. The average molecular weight is 373 g/mol. The molecule has 1 atom stereocenters. The lowest BCUT2D eigenvalue weighted by Gasteiger charge is -2.32. The minimum Gasteiger partial charge on any atom is -0.378 e. The second-order valence-corrected chi connectivity index (χ2v) is 6.30. The molecule has 0 bridgehead atoms. The van der Waals surface area contributed by atoms with Crippen LogP contribution in [0.1, 0.15) is 19.4 Å². The summed E-state index contributed by atoms with van der Waals surface area (Å²) in [5.74, 6) is -0.503. The number of nitrogens with one attached hydrogen (secondary N) is 2. The van der Waals surface area contributed by atoms with E-state index >= 15 is 0 Å². The molecule has 1 saturated heterocycles. The van der Waals surface area contributed by atoms with Crippen molar-refractivity contribution in [2.24, 2.45) is 5.92 Å². The van der Waals surface area contributed by atoms with E-state index in [1.165, 1.54) is 12.1 Å². The van der Waals surface area contributed by atoms with Gasteiger partial charge in [-0.3, -0.25) is 4.79 Å². The summed E-state index contributed by atoms with van der Waals surface area (Å²) in [5.41, 5.74) is -1.31. The zero-order chi connectivity index (χ0) is 19.3. The first-order chi connectivity index (χ1) is 12.2. The number of hydrogen-bond donors (Lipinski definition) is 2. The number of morpholine rings is 1. The van der Waals surface area contributed by atoms with Crippen molar-refractivity contribution in [3.8, 4) is 0 Å². The van der Waals surface area contributed by atoms with Crippen molar-refractivity contribution >= 4 is 17.6 Å². The molecule has 6 nitrogen and oxygen atoms in total. The smallest absolute Gasteiger partial charge is 0.378 e. The maximum absolute atomic E-state index is 13.0. The molecule has 0 saturated carbocycles. The number of hydrogen-bond acceptors (Lipinski definition) is 3. The molecule has 0 radical (unpaired) electrons. The molecule has 1 unspecified atom stereocenters. The van der Waals surface area contributed by atoms with Crippen LogP contribution in [0.5, 0.6) is 0 Å². The Kier molecular flexibility index (Phi) is 6.47. The van der Waals surface area contributed by atoms with Crippen molar-refractivity contribution in [2.45, 2.75) is 26.1 Å². The summed E-state index contributed by atoms with van der Waals surface area (Å²) in [6, 6.07) is 2.98. The fraction of sp³-hybridized carbons (Fsp3) is 0.529. The van der Waals surface area contributed by atoms with Crippen LogP contribution in [-0.2, 0) is 15.7 Å². The van der Waals surface area contributed by atoms with Crippen LogP contribution in [0.2, 0.25) is 0 Å². The molecule has 1 heterocycles. The number of alkyl halides is 3. The molecule has 2 rings (SSSR count). The molecule has 3 amide bonds. The summed E-state index contributed by atoms with van der Waals surface area (Å²) >= 11 is 0. The van der Waals surface area contributed by atoms with Crippen molar-refractivity contribution < 1.29 is 27.5 Å². The predicted octanol–water partition coefficient (Wildman–Crippen LogP) is 2.71. The van der Waals surface area contributed by atoms with E-state index in [1.54, 1.807) is 18.7 Å². The molecule has 26 heavy (non-hydrogen) atoms. The number of para-hydroxylation sites is 1. The molecular formula is C17H22F3N3O3. The van der Waals surface area contributed by atoms with E-state index in [9.17, 15) is 22.8 Å². The Bertz CT molecular complexity index is 644. The SMILES string of the molecule is CC(C)C(NC(=O)Nc1ccccc1C(F)(F)F)C(=O)N1CCOCC1. The van der Waals surface area contributed by atoms with Crippen molar-refractivity contribution in [3.05, 3.63) is 29.8 Å². The maximum atomic E-state index is 13.0. The third-order valence-corrected chi connectivity index (χ3v) is 4.02. The number of anilines is 1. The van der Waals surface area contributed by atoms with E-state index in [0.717, 1.165) is 12.1 Å². The Labute approximate surface area is 149 Å². The number of carbonyl (C=O) groups is 2. The molecule has 144 valence electrons. The first kappa shape index (κ1) is 20.0. The first-order valence-corrected chi connectivity index (χ1v) is 8.30. The van der Waals surface area contributed by atoms with E-state index in [2.05, 4.69) is 10.6 Å². The minimum atomic E-state index is -4.59. The minimum absolute atomic E-state index is 0.228. The van der Waals surface area contributed by atoms with Crippen molar-refractivity contribution in [1.29, 1.82) is 0 Å². The van der Waals surface area contributed by atoms with Crippen LogP contribution in [0.4, 0.5) is 23.7 Å². The summed E-state index contributed by atoms with van der Waals surface area (Å²) in [6.45, 7) is 5.19. The second kappa shape index (κ2) is 8.39.